The second-order valence-corrected chi connectivity index (χ2v) is 4.92. The number of nitrogens with zero attached hydrogens (tertiary/aromatic N) is 4. The van der Waals surface area contributed by atoms with Gasteiger partial charge in [0.25, 0.3) is 0 Å². The normalized spacial score (nSPS) is 28.0. The predicted octanol–water partition coefficient (Wildman–Crippen LogP) is -1.73. The van der Waals surface area contributed by atoms with E-state index in [-0.39, 0.29) is 30.7 Å². The Morgan fingerprint density at radius 2 is 2.18 bits per heavy atom. The highest BCUT2D eigenvalue weighted by atomic mass is 16.5. The molecule has 1 saturated heterocycles. The Balaban J connectivity index is 2.24. The van der Waals surface area contributed by atoms with Crippen LogP contribution in [0, 0.1) is 11.3 Å². The lowest BCUT2D eigenvalue weighted by molar-refractivity contribution is -0.156. The van der Waals surface area contributed by atoms with Gasteiger partial charge < -0.3 is 29.7 Å². The van der Waals surface area contributed by atoms with Crippen molar-refractivity contribution in [2.75, 3.05) is 32.3 Å². The number of methoxy groups -OCH3 is 1. The minimum Gasteiger partial charge on any atom is -0.481 e. The van der Waals surface area contributed by atoms with Crippen LogP contribution in [0.4, 0.5) is 5.95 Å². The highest BCUT2D eigenvalue weighted by Crippen LogP contribution is 2.23. The van der Waals surface area contributed by atoms with Gasteiger partial charge in [0.1, 0.15) is 30.1 Å². The van der Waals surface area contributed by atoms with Crippen LogP contribution in [-0.2, 0) is 4.74 Å². The number of anilines is 1. The molecule has 4 atom stereocenters. The van der Waals surface area contributed by atoms with E-state index in [1.807, 2.05) is 6.07 Å². The maximum Gasteiger partial charge on any atom is 0.230 e. The van der Waals surface area contributed by atoms with Gasteiger partial charge in [-0.05, 0) is 0 Å². The van der Waals surface area contributed by atoms with Crippen LogP contribution >= 0.6 is 0 Å². The Morgan fingerprint density at radius 1 is 1.45 bits per heavy atom. The lowest BCUT2D eigenvalue weighted by atomic mass is 9.97. The van der Waals surface area contributed by atoms with E-state index in [0.29, 0.717) is 0 Å². The van der Waals surface area contributed by atoms with Gasteiger partial charge in [0.05, 0.1) is 26.4 Å². The molecule has 1 aromatic rings. The molecule has 0 saturated carbocycles. The van der Waals surface area contributed by atoms with Crippen LogP contribution < -0.4 is 9.64 Å². The van der Waals surface area contributed by atoms with Crippen LogP contribution in [0.3, 0.4) is 0 Å². The zero-order chi connectivity index (χ0) is 16.3. The van der Waals surface area contributed by atoms with Crippen LogP contribution in [0.15, 0.2) is 6.07 Å². The van der Waals surface area contributed by atoms with Crippen molar-refractivity contribution in [2.45, 2.75) is 24.4 Å². The largest absolute Gasteiger partial charge is 0.481 e. The number of aromatic nitrogens is 2. The number of aliphatic hydroxyl groups is 3. The summed E-state index contributed by atoms with van der Waals surface area (Å²) in [5.41, 5.74) is 0.119. The molecule has 9 heteroatoms. The van der Waals surface area contributed by atoms with Crippen LogP contribution in [-0.4, -0.2) is 77.0 Å². The number of rotatable bonds is 4. The zero-order valence-corrected chi connectivity index (χ0v) is 12.2. The lowest BCUT2D eigenvalue weighted by Gasteiger charge is -2.41. The van der Waals surface area contributed by atoms with Crippen molar-refractivity contribution in [1.29, 1.82) is 5.26 Å². The Kier molecular flexibility index (Phi) is 5.10. The van der Waals surface area contributed by atoms with E-state index in [9.17, 15) is 10.2 Å². The maximum atomic E-state index is 10.2. The Labute approximate surface area is 127 Å². The SMILES string of the molecule is COc1cc(C#N)nc(N(C)[C@H]2CO[C@H](CO)[C@H](O)[C@@H]2O)n1. The molecular formula is C13H18N4O5. The molecule has 120 valence electrons. The molecule has 2 rings (SSSR count). The molecule has 0 amide bonds. The molecule has 0 aromatic carbocycles. The third-order valence-electron chi connectivity index (χ3n) is 3.61. The number of aliphatic hydroxyl groups excluding tert-OH is 3. The van der Waals surface area contributed by atoms with Gasteiger partial charge in [0.15, 0.2) is 0 Å². The van der Waals surface area contributed by atoms with Crippen molar-refractivity contribution in [3.05, 3.63) is 11.8 Å². The summed E-state index contributed by atoms with van der Waals surface area (Å²) in [6, 6.07) is 2.66. The molecule has 1 fully saturated rings. The molecule has 0 aliphatic carbocycles. The summed E-state index contributed by atoms with van der Waals surface area (Å²) in [5, 5.41) is 38.2. The highest BCUT2D eigenvalue weighted by molar-refractivity contribution is 5.39. The first-order valence-electron chi connectivity index (χ1n) is 6.66. The van der Waals surface area contributed by atoms with Gasteiger partial charge in [0.2, 0.25) is 11.8 Å². The first-order valence-corrected chi connectivity index (χ1v) is 6.66. The number of hydrogen-bond donors (Lipinski definition) is 3. The van der Waals surface area contributed by atoms with Crippen molar-refractivity contribution in [2.24, 2.45) is 0 Å². The second-order valence-electron chi connectivity index (χ2n) is 4.92. The van der Waals surface area contributed by atoms with Gasteiger partial charge >= 0.3 is 0 Å². The van der Waals surface area contributed by atoms with E-state index in [2.05, 4.69) is 9.97 Å². The molecule has 22 heavy (non-hydrogen) atoms. The Hall–Kier alpha value is -1.99. The lowest BCUT2D eigenvalue weighted by Crippen LogP contribution is -2.59. The monoisotopic (exact) mass is 310 g/mol. The smallest absolute Gasteiger partial charge is 0.230 e. The van der Waals surface area contributed by atoms with E-state index < -0.39 is 24.4 Å². The Bertz CT molecular complexity index is 564. The van der Waals surface area contributed by atoms with Crippen molar-refractivity contribution in [3.8, 4) is 11.9 Å². The third-order valence-corrected chi connectivity index (χ3v) is 3.61. The molecule has 1 aliphatic rings. The molecule has 0 bridgehead atoms. The summed E-state index contributed by atoms with van der Waals surface area (Å²) in [6.07, 6.45) is -3.22. The maximum absolute atomic E-state index is 10.2. The summed E-state index contributed by atoms with van der Waals surface area (Å²) in [4.78, 5) is 9.67. The fraction of sp³-hybridized carbons (Fsp3) is 0.615. The molecule has 0 radical (unpaired) electrons. The number of nitriles is 1. The first-order chi connectivity index (χ1) is 10.5. The van der Waals surface area contributed by atoms with Crippen LogP contribution in [0.2, 0.25) is 0 Å². The molecular weight excluding hydrogens is 292 g/mol. The quantitative estimate of drug-likeness (QED) is 0.593. The van der Waals surface area contributed by atoms with Crippen LogP contribution in [0.5, 0.6) is 5.88 Å². The van der Waals surface area contributed by atoms with Gasteiger partial charge in [-0.15, -0.1) is 0 Å². The fourth-order valence-corrected chi connectivity index (χ4v) is 2.25. The van der Waals surface area contributed by atoms with Gasteiger partial charge in [-0.2, -0.15) is 10.2 Å². The Morgan fingerprint density at radius 3 is 2.77 bits per heavy atom. The van der Waals surface area contributed by atoms with Crippen molar-refractivity contribution in [1.82, 2.24) is 9.97 Å². The van der Waals surface area contributed by atoms with Crippen molar-refractivity contribution >= 4 is 5.95 Å². The molecule has 0 unspecified atom stereocenters. The molecule has 2 heterocycles. The van der Waals surface area contributed by atoms with Crippen LogP contribution in [0.1, 0.15) is 5.69 Å². The van der Waals surface area contributed by atoms with E-state index in [4.69, 9.17) is 19.8 Å². The van der Waals surface area contributed by atoms with Gasteiger partial charge in [-0.3, -0.25) is 0 Å². The third kappa shape index (κ3) is 3.10. The fourth-order valence-electron chi connectivity index (χ4n) is 2.25. The summed E-state index contributed by atoms with van der Waals surface area (Å²) in [5.74, 6) is 0.381. The van der Waals surface area contributed by atoms with E-state index in [1.54, 1.807) is 7.05 Å². The number of ether oxygens (including phenoxy) is 2. The van der Waals surface area contributed by atoms with Crippen LogP contribution in [0.25, 0.3) is 0 Å². The predicted molar refractivity (Wildman–Crippen MR) is 74.3 cm³/mol. The van der Waals surface area contributed by atoms with Gasteiger partial charge in [-0.1, -0.05) is 0 Å². The van der Waals surface area contributed by atoms with Gasteiger partial charge in [0, 0.05) is 13.1 Å². The zero-order valence-electron chi connectivity index (χ0n) is 12.2. The summed E-state index contributed by atoms with van der Waals surface area (Å²) >= 11 is 0. The first kappa shape index (κ1) is 16.4. The van der Waals surface area contributed by atoms with Crippen molar-refractivity contribution < 1.29 is 24.8 Å². The molecule has 3 N–H and O–H groups in total. The highest BCUT2D eigenvalue weighted by Gasteiger charge is 2.40. The van der Waals surface area contributed by atoms with E-state index >= 15 is 0 Å². The molecule has 1 aliphatic heterocycles. The minimum atomic E-state index is -1.23. The van der Waals surface area contributed by atoms with Gasteiger partial charge in [-0.25, -0.2) is 4.98 Å². The number of hydrogen-bond acceptors (Lipinski definition) is 9. The topological polar surface area (TPSA) is 132 Å². The summed E-state index contributed by atoms with van der Waals surface area (Å²) in [6.45, 7) is -0.314. The average molecular weight is 310 g/mol. The molecule has 0 spiro atoms. The molecule has 9 nitrogen and oxygen atoms in total. The van der Waals surface area contributed by atoms with Crippen molar-refractivity contribution in [3.63, 3.8) is 0 Å². The standard InChI is InChI=1S/C13H18N4O5/c1-17(8-6-22-9(5-18)12(20)11(8)19)13-15-7(4-14)3-10(16-13)21-2/h3,8-9,11-12,18-20H,5-6H2,1-2H3/t8-,9+,11+,12-/m0/s1. The number of likely N-dealkylation sites (N-methyl/N-ethyl adjacent to an activating group) is 1. The summed E-state index contributed by atoms with van der Waals surface area (Å²) < 4.78 is 10.3. The second kappa shape index (κ2) is 6.85. The van der Waals surface area contributed by atoms with E-state index in [0.717, 1.165) is 0 Å². The average Bonchev–Trinajstić information content (AvgIpc) is 2.56. The van der Waals surface area contributed by atoms with E-state index in [1.165, 1.54) is 18.1 Å². The minimum absolute atomic E-state index is 0.0718. The summed E-state index contributed by atoms with van der Waals surface area (Å²) in [7, 11) is 3.03. The molecule has 1 aromatic heterocycles.